The number of aliphatic hydroxyl groups is 1. The van der Waals surface area contributed by atoms with Crippen LogP contribution in [0.5, 0.6) is 0 Å². The van der Waals surface area contributed by atoms with Crippen molar-refractivity contribution < 1.29 is 19.1 Å². The highest BCUT2D eigenvalue weighted by Crippen LogP contribution is 2.30. The molecule has 1 amide bonds. The van der Waals surface area contributed by atoms with Crippen molar-refractivity contribution in [2.75, 3.05) is 39.4 Å². The Balaban J connectivity index is 1.50. The highest BCUT2D eigenvalue weighted by molar-refractivity contribution is 5.92. The second-order valence-electron chi connectivity index (χ2n) is 7.86. The fraction of sp³-hybridized carbons (Fsp3) is 0.571. The van der Waals surface area contributed by atoms with Crippen LogP contribution in [0.1, 0.15) is 22.3 Å². The van der Waals surface area contributed by atoms with Crippen LogP contribution in [-0.4, -0.2) is 72.4 Å². The van der Waals surface area contributed by atoms with E-state index in [0.29, 0.717) is 32.7 Å². The lowest BCUT2D eigenvalue weighted by molar-refractivity contribution is -0.129. The van der Waals surface area contributed by atoms with E-state index < -0.39 is 6.10 Å². The van der Waals surface area contributed by atoms with Crippen LogP contribution >= 0.6 is 0 Å². The smallest absolute Gasteiger partial charge is 0.227 e. The third kappa shape index (κ3) is 3.37. The Kier molecular flexibility index (Phi) is 4.97. The highest BCUT2D eigenvalue weighted by atomic mass is 16.5. The average Bonchev–Trinajstić information content (AvgIpc) is 3.25. The number of rotatable bonds is 3. The SMILES string of the molecule is Cc1cc(C)c2c(CC(=O)N3C[C@H](O)[C@@H](N4CCOCC4)C3)coc2c1C. The number of benzene rings is 1. The molecule has 0 unspecified atom stereocenters. The van der Waals surface area contributed by atoms with E-state index in [4.69, 9.17) is 9.15 Å². The van der Waals surface area contributed by atoms with E-state index in [9.17, 15) is 9.90 Å². The molecular formula is C21H28N2O4. The minimum absolute atomic E-state index is 0.00516. The molecule has 6 heteroatoms. The van der Waals surface area contributed by atoms with Crippen LogP contribution in [0.3, 0.4) is 0 Å². The monoisotopic (exact) mass is 372 g/mol. The molecule has 1 aromatic heterocycles. The molecule has 1 N–H and O–H groups in total. The first kappa shape index (κ1) is 18.5. The number of hydrogen-bond acceptors (Lipinski definition) is 5. The Bertz CT molecular complexity index is 853. The van der Waals surface area contributed by atoms with Gasteiger partial charge in [-0.25, -0.2) is 0 Å². The fourth-order valence-corrected chi connectivity index (χ4v) is 4.43. The zero-order valence-corrected chi connectivity index (χ0v) is 16.3. The molecule has 27 heavy (non-hydrogen) atoms. The lowest BCUT2D eigenvalue weighted by atomic mass is 9.99. The van der Waals surface area contributed by atoms with E-state index in [1.54, 1.807) is 11.2 Å². The summed E-state index contributed by atoms with van der Waals surface area (Å²) in [5.74, 6) is 0.0464. The quantitative estimate of drug-likeness (QED) is 0.890. The zero-order chi connectivity index (χ0) is 19.1. The van der Waals surface area contributed by atoms with Gasteiger partial charge >= 0.3 is 0 Å². The number of hydrogen-bond donors (Lipinski definition) is 1. The molecule has 0 spiro atoms. The third-order valence-electron chi connectivity index (χ3n) is 6.09. The molecule has 2 aliphatic rings. The molecule has 2 aliphatic heterocycles. The maximum atomic E-state index is 12.9. The molecule has 2 saturated heterocycles. The summed E-state index contributed by atoms with van der Waals surface area (Å²) in [6, 6.07) is 2.15. The van der Waals surface area contributed by atoms with Crippen LogP contribution in [-0.2, 0) is 16.0 Å². The Morgan fingerprint density at radius 2 is 1.93 bits per heavy atom. The number of amides is 1. The summed E-state index contributed by atoms with van der Waals surface area (Å²) in [5, 5.41) is 11.5. The Morgan fingerprint density at radius 1 is 1.19 bits per heavy atom. The summed E-state index contributed by atoms with van der Waals surface area (Å²) < 4.78 is 11.2. The number of aliphatic hydroxyl groups excluding tert-OH is 1. The van der Waals surface area contributed by atoms with Gasteiger partial charge in [0.1, 0.15) is 5.58 Å². The number of β-amino-alcohol motifs (C(OH)–C–C–N with tert-alkyl or cyclic N) is 1. The van der Waals surface area contributed by atoms with E-state index in [-0.39, 0.29) is 11.9 Å². The van der Waals surface area contributed by atoms with Crippen LogP contribution in [0.25, 0.3) is 11.0 Å². The number of fused-ring (bicyclic) bond motifs is 1. The zero-order valence-electron chi connectivity index (χ0n) is 16.3. The standard InChI is InChI=1S/C21H28N2O4/c1-13-8-14(2)20-16(12-27-21(20)15(13)3)9-19(25)23-10-17(18(24)11-23)22-4-6-26-7-5-22/h8,12,17-18,24H,4-7,9-11H2,1-3H3/t17-,18-/m0/s1. The van der Waals surface area contributed by atoms with Crippen LogP contribution < -0.4 is 0 Å². The van der Waals surface area contributed by atoms with Crippen LogP contribution in [0, 0.1) is 20.8 Å². The van der Waals surface area contributed by atoms with E-state index >= 15 is 0 Å². The molecule has 0 saturated carbocycles. The molecule has 0 aliphatic carbocycles. The Labute approximate surface area is 159 Å². The van der Waals surface area contributed by atoms with Crippen LogP contribution in [0.15, 0.2) is 16.7 Å². The van der Waals surface area contributed by atoms with Crippen molar-refractivity contribution in [2.45, 2.75) is 39.3 Å². The highest BCUT2D eigenvalue weighted by Gasteiger charge is 2.38. The molecule has 0 bridgehead atoms. The van der Waals surface area contributed by atoms with Crippen molar-refractivity contribution in [3.05, 3.63) is 34.6 Å². The first-order chi connectivity index (χ1) is 13.0. The molecule has 2 fully saturated rings. The van der Waals surface area contributed by atoms with E-state index in [2.05, 4.69) is 31.7 Å². The average molecular weight is 372 g/mol. The van der Waals surface area contributed by atoms with Crippen molar-refractivity contribution in [1.29, 1.82) is 0 Å². The largest absolute Gasteiger partial charge is 0.464 e. The minimum atomic E-state index is -0.500. The van der Waals surface area contributed by atoms with Crippen molar-refractivity contribution in [3.8, 4) is 0 Å². The van der Waals surface area contributed by atoms with Gasteiger partial charge in [0.15, 0.2) is 0 Å². The number of likely N-dealkylation sites (tertiary alicyclic amines) is 1. The predicted molar refractivity (Wildman–Crippen MR) is 103 cm³/mol. The van der Waals surface area contributed by atoms with Gasteiger partial charge in [-0.1, -0.05) is 6.07 Å². The van der Waals surface area contributed by atoms with Gasteiger partial charge in [0, 0.05) is 37.1 Å². The molecule has 0 radical (unpaired) electrons. The molecule has 2 aromatic rings. The van der Waals surface area contributed by atoms with Crippen molar-refractivity contribution in [3.63, 3.8) is 0 Å². The molecule has 1 aromatic carbocycles. The van der Waals surface area contributed by atoms with Gasteiger partial charge in [0.25, 0.3) is 0 Å². The van der Waals surface area contributed by atoms with Gasteiger partial charge in [-0.3, -0.25) is 9.69 Å². The maximum Gasteiger partial charge on any atom is 0.227 e. The molecule has 6 nitrogen and oxygen atoms in total. The lowest BCUT2D eigenvalue weighted by Crippen LogP contribution is -2.49. The van der Waals surface area contributed by atoms with E-state index in [1.165, 1.54) is 5.56 Å². The van der Waals surface area contributed by atoms with Gasteiger partial charge in [-0.05, 0) is 37.5 Å². The lowest BCUT2D eigenvalue weighted by Gasteiger charge is -2.33. The van der Waals surface area contributed by atoms with Crippen LogP contribution in [0.2, 0.25) is 0 Å². The van der Waals surface area contributed by atoms with Crippen molar-refractivity contribution >= 4 is 16.9 Å². The fourth-order valence-electron chi connectivity index (χ4n) is 4.43. The Morgan fingerprint density at radius 3 is 2.67 bits per heavy atom. The third-order valence-corrected chi connectivity index (χ3v) is 6.09. The number of furan rings is 1. The van der Waals surface area contributed by atoms with Gasteiger partial charge < -0.3 is 19.2 Å². The number of carbonyl (C=O) groups is 1. The topological polar surface area (TPSA) is 66.2 Å². The second-order valence-corrected chi connectivity index (χ2v) is 7.86. The number of ether oxygens (including phenoxy) is 1. The van der Waals surface area contributed by atoms with Crippen LogP contribution in [0.4, 0.5) is 0 Å². The van der Waals surface area contributed by atoms with Crippen molar-refractivity contribution in [2.24, 2.45) is 0 Å². The summed E-state index contributed by atoms with van der Waals surface area (Å²) >= 11 is 0. The van der Waals surface area contributed by atoms with E-state index in [1.807, 2.05) is 0 Å². The van der Waals surface area contributed by atoms with Gasteiger partial charge in [0.2, 0.25) is 5.91 Å². The summed E-state index contributed by atoms with van der Waals surface area (Å²) in [4.78, 5) is 17.0. The summed E-state index contributed by atoms with van der Waals surface area (Å²) in [6.45, 7) is 10.2. The van der Waals surface area contributed by atoms with E-state index in [0.717, 1.165) is 40.7 Å². The minimum Gasteiger partial charge on any atom is -0.464 e. The van der Waals surface area contributed by atoms with Gasteiger partial charge in [-0.15, -0.1) is 0 Å². The molecule has 146 valence electrons. The van der Waals surface area contributed by atoms with Gasteiger partial charge in [0.05, 0.1) is 38.0 Å². The molecule has 3 heterocycles. The van der Waals surface area contributed by atoms with Crippen molar-refractivity contribution in [1.82, 2.24) is 9.80 Å². The number of carbonyl (C=O) groups excluding carboxylic acids is 1. The molecular weight excluding hydrogens is 344 g/mol. The molecule has 4 rings (SSSR count). The summed E-state index contributed by atoms with van der Waals surface area (Å²) in [5.41, 5.74) is 5.27. The van der Waals surface area contributed by atoms with Gasteiger partial charge in [-0.2, -0.15) is 0 Å². The first-order valence-corrected chi connectivity index (χ1v) is 9.70. The molecule has 2 atom stereocenters. The maximum absolute atomic E-state index is 12.9. The number of aryl methyl sites for hydroxylation is 3. The normalized spacial score (nSPS) is 24.1. The number of nitrogens with zero attached hydrogens (tertiary/aromatic N) is 2. The summed E-state index contributed by atoms with van der Waals surface area (Å²) in [7, 11) is 0. The Hall–Kier alpha value is -1.89. The predicted octanol–water partition coefficient (Wildman–Crippen LogP) is 1.80. The second kappa shape index (κ2) is 7.26. The first-order valence-electron chi connectivity index (χ1n) is 9.70. The number of morpholine rings is 1. The summed E-state index contributed by atoms with van der Waals surface area (Å²) in [6.07, 6.45) is 1.52.